The number of benzene rings is 2. The zero-order valence-electron chi connectivity index (χ0n) is 8.38. The van der Waals surface area contributed by atoms with Crippen molar-refractivity contribution in [2.75, 3.05) is 0 Å². The summed E-state index contributed by atoms with van der Waals surface area (Å²) in [6.07, 6.45) is 0. The van der Waals surface area contributed by atoms with Crippen molar-refractivity contribution in [1.82, 2.24) is 0 Å². The molecule has 0 saturated carbocycles. The Kier molecular flexibility index (Phi) is 3.79. The Bertz CT molecular complexity index is 468. The van der Waals surface area contributed by atoms with Gasteiger partial charge in [0.2, 0.25) is 0 Å². The molecule has 88 valence electrons. The van der Waals surface area contributed by atoms with E-state index in [-0.39, 0.29) is 0 Å². The quantitative estimate of drug-likeness (QED) is 0.705. The first-order valence-corrected chi connectivity index (χ1v) is 6.21. The molecule has 0 aliphatic rings. The van der Waals surface area contributed by atoms with Crippen molar-refractivity contribution in [3.8, 4) is 11.5 Å². The van der Waals surface area contributed by atoms with Gasteiger partial charge in [-0.3, -0.25) is 0 Å². The molecule has 5 heteroatoms. The molecular formula is C12H6Br2F2O. The van der Waals surface area contributed by atoms with Crippen LogP contribution in [0.4, 0.5) is 8.78 Å². The molecule has 0 unspecified atom stereocenters. The highest BCUT2D eigenvalue weighted by Gasteiger charge is 2.04. The van der Waals surface area contributed by atoms with Crippen molar-refractivity contribution >= 4 is 31.9 Å². The van der Waals surface area contributed by atoms with Crippen molar-refractivity contribution in [1.29, 1.82) is 0 Å². The van der Waals surface area contributed by atoms with Crippen LogP contribution in [0, 0.1) is 11.6 Å². The third-order valence-electron chi connectivity index (χ3n) is 1.91. The highest BCUT2D eigenvalue weighted by atomic mass is 79.9. The number of hydrogen-bond acceptors (Lipinski definition) is 1. The molecule has 0 fully saturated rings. The van der Waals surface area contributed by atoms with Gasteiger partial charge in [-0.2, -0.15) is 0 Å². The second-order valence-electron chi connectivity index (χ2n) is 3.31. The maximum absolute atomic E-state index is 13.1. The fraction of sp³-hybridized carbons (Fsp3) is 0. The molecule has 0 saturated heterocycles. The molecule has 0 amide bonds. The van der Waals surface area contributed by atoms with Gasteiger partial charge in [-0.15, -0.1) is 0 Å². The Balaban J connectivity index is 2.31. The molecule has 0 aliphatic heterocycles. The standard InChI is InChI=1S/C12H6Br2F2O/c13-7-1-9(15)5-11(3-7)17-12-4-8(14)2-10(16)6-12/h1-6H. The summed E-state index contributed by atoms with van der Waals surface area (Å²) in [5.74, 6) is -0.251. The van der Waals surface area contributed by atoms with E-state index in [2.05, 4.69) is 31.9 Å². The minimum atomic E-state index is -0.426. The Morgan fingerprint density at radius 3 is 1.47 bits per heavy atom. The lowest BCUT2D eigenvalue weighted by Crippen LogP contribution is -1.87. The van der Waals surface area contributed by atoms with Gasteiger partial charge in [0.1, 0.15) is 23.1 Å². The molecular weight excluding hydrogens is 358 g/mol. The SMILES string of the molecule is Fc1cc(Br)cc(Oc2cc(F)cc(Br)c2)c1. The van der Waals surface area contributed by atoms with E-state index in [0.29, 0.717) is 20.4 Å². The minimum Gasteiger partial charge on any atom is -0.457 e. The lowest BCUT2D eigenvalue weighted by molar-refractivity contribution is 0.470. The third kappa shape index (κ3) is 3.51. The summed E-state index contributed by atoms with van der Waals surface area (Å²) in [5.41, 5.74) is 0. The van der Waals surface area contributed by atoms with Gasteiger partial charge in [0.15, 0.2) is 0 Å². The van der Waals surface area contributed by atoms with Gasteiger partial charge in [-0.25, -0.2) is 8.78 Å². The van der Waals surface area contributed by atoms with Crippen LogP contribution in [0.15, 0.2) is 45.3 Å². The fourth-order valence-corrected chi connectivity index (χ4v) is 2.20. The topological polar surface area (TPSA) is 9.23 Å². The second-order valence-corrected chi connectivity index (χ2v) is 5.14. The van der Waals surface area contributed by atoms with Crippen LogP contribution in [0.1, 0.15) is 0 Å². The number of hydrogen-bond donors (Lipinski definition) is 0. The summed E-state index contributed by atoms with van der Waals surface area (Å²) < 4.78 is 32.7. The lowest BCUT2D eigenvalue weighted by atomic mass is 10.3. The van der Waals surface area contributed by atoms with Crippen molar-refractivity contribution in [3.63, 3.8) is 0 Å². The van der Waals surface area contributed by atoms with Crippen LogP contribution in [0.25, 0.3) is 0 Å². The molecule has 17 heavy (non-hydrogen) atoms. The average molecular weight is 364 g/mol. The van der Waals surface area contributed by atoms with E-state index in [0.717, 1.165) is 0 Å². The van der Waals surface area contributed by atoms with Gasteiger partial charge in [0, 0.05) is 21.1 Å². The van der Waals surface area contributed by atoms with Crippen molar-refractivity contribution in [2.24, 2.45) is 0 Å². The Hall–Kier alpha value is -0.940. The van der Waals surface area contributed by atoms with E-state index in [1.54, 1.807) is 12.1 Å². The smallest absolute Gasteiger partial charge is 0.131 e. The molecule has 0 heterocycles. The van der Waals surface area contributed by atoms with Crippen molar-refractivity contribution in [3.05, 3.63) is 57.0 Å². The number of rotatable bonds is 2. The zero-order valence-corrected chi connectivity index (χ0v) is 11.6. The van der Waals surface area contributed by atoms with Gasteiger partial charge >= 0.3 is 0 Å². The predicted molar refractivity (Wildman–Crippen MR) is 68.3 cm³/mol. The van der Waals surface area contributed by atoms with E-state index >= 15 is 0 Å². The van der Waals surface area contributed by atoms with Crippen molar-refractivity contribution < 1.29 is 13.5 Å². The largest absolute Gasteiger partial charge is 0.457 e. The first kappa shape index (κ1) is 12.5. The minimum absolute atomic E-state index is 0.300. The molecule has 1 nitrogen and oxygen atoms in total. The third-order valence-corrected chi connectivity index (χ3v) is 2.82. The Morgan fingerprint density at radius 1 is 0.706 bits per heavy atom. The number of halogens is 4. The number of ether oxygens (including phenoxy) is 1. The van der Waals surface area contributed by atoms with Gasteiger partial charge in [0.05, 0.1) is 0 Å². The van der Waals surface area contributed by atoms with Crippen LogP contribution < -0.4 is 4.74 Å². The van der Waals surface area contributed by atoms with E-state index in [9.17, 15) is 8.78 Å². The molecule has 0 bridgehead atoms. The summed E-state index contributed by atoms with van der Waals surface area (Å²) >= 11 is 6.30. The second kappa shape index (κ2) is 5.14. The Morgan fingerprint density at radius 2 is 1.12 bits per heavy atom. The van der Waals surface area contributed by atoms with Gasteiger partial charge in [-0.05, 0) is 24.3 Å². The predicted octanol–water partition coefficient (Wildman–Crippen LogP) is 5.28. The van der Waals surface area contributed by atoms with Crippen LogP contribution in [0.3, 0.4) is 0 Å². The molecule has 2 aromatic carbocycles. The summed E-state index contributed by atoms with van der Waals surface area (Å²) in [4.78, 5) is 0. The highest BCUT2D eigenvalue weighted by molar-refractivity contribution is 9.10. The van der Waals surface area contributed by atoms with E-state index < -0.39 is 11.6 Å². The fourth-order valence-electron chi connectivity index (χ4n) is 1.31. The average Bonchev–Trinajstić information content (AvgIpc) is 2.13. The molecule has 0 atom stereocenters. The molecule has 0 aliphatic carbocycles. The zero-order chi connectivity index (χ0) is 12.4. The van der Waals surface area contributed by atoms with Crippen LogP contribution in [0.5, 0.6) is 11.5 Å². The van der Waals surface area contributed by atoms with Crippen molar-refractivity contribution in [2.45, 2.75) is 0 Å². The maximum Gasteiger partial charge on any atom is 0.131 e. The molecule has 2 aromatic rings. The van der Waals surface area contributed by atoms with Crippen LogP contribution in [0.2, 0.25) is 0 Å². The van der Waals surface area contributed by atoms with Crippen LogP contribution in [-0.4, -0.2) is 0 Å². The summed E-state index contributed by atoms with van der Waals surface area (Å²) in [7, 11) is 0. The van der Waals surface area contributed by atoms with E-state index in [1.807, 2.05) is 0 Å². The van der Waals surface area contributed by atoms with E-state index in [1.165, 1.54) is 24.3 Å². The molecule has 0 aromatic heterocycles. The molecule has 2 rings (SSSR count). The molecule has 0 N–H and O–H groups in total. The first-order chi connectivity index (χ1) is 8.02. The molecule has 0 spiro atoms. The van der Waals surface area contributed by atoms with Crippen LogP contribution in [-0.2, 0) is 0 Å². The molecule has 0 radical (unpaired) electrons. The van der Waals surface area contributed by atoms with E-state index in [4.69, 9.17) is 4.74 Å². The first-order valence-electron chi connectivity index (χ1n) is 4.63. The van der Waals surface area contributed by atoms with Crippen LogP contribution >= 0.6 is 31.9 Å². The van der Waals surface area contributed by atoms with Gasteiger partial charge in [0.25, 0.3) is 0 Å². The van der Waals surface area contributed by atoms with Gasteiger partial charge in [-0.1, -0.05) is 31.9 Å². The van der Waals surface area contributed by atoms with Gasteiger partial charge < -0.3 is 4.74 Å². The summed E-state index contributed by atoms with van der Waals surface area (Å²) in [6, 6.07) is 8.28. The maximum atomic E-state index is 13.1. The normalized spacial score (nSPS) is 10.4. The monoisotopic (exact) mass is 362 g/mol. The Labute approximate surface area is 114 Å². The lowest BCUT2D eigenvalue weighted by Gasteiger charge is -2.07. The summed E-state index contributed by atoms with van der Waals surface area (Å²) in [6.45, 7) is 0. The highest BCUT2D eigenvalue weighted by Crippen LogP contribution is 2.28. The summed E-state index contributed by atoms with van der Waals surface area (Å²) in [5, 5.41) is 0.